The van der Waals surface area contributed by atoms with E-state index in [0.29, 0.717) is 25.6 Å². The summed E-state index contributed by atoms with van der Waals surface area (Å²) in [5.41, 5.74) is 1.54. The maximum Gasteiger partial charge on any atom is 0.159 e. The first-order valence-corrected chi connectivity index (χ1v) is 5.39. The SMILES string of the molecule is Cc1nc(C2COCCO2)ncc1C(C)O. The first-order chi connectivity index (χ1) is 7.68. The second-order valence-electron chi connectivity index (χ2n) is 3.88. The lowest BCUT2D eigenvalue weighted by Gasteiger charge is -2.22. The lowest BCUT2D eigenvalue weighted by atomic mass is 10.1. The number of aliphatic hydroxyl groups is 1. The van der Waals surface area contributed by atoms with Gasteiger partial charge in [0.05, 0.1) is 25.9 Å². The van der Waals surface area contributed by atoms with Gasteiger partial charge in [0.2, 0.25) is 0 Å². The molecule has 0 spiro atoms. The summed E-state index contributed by atoms with van der Waals surface area (Å²) in [4.78, 5) is 8.55. The van der Waals surface area contributed by atoms with Crippen LogP contribution in [0.3, 0.4) is 0 Å². The first-order valence-electron chi connectivity index (χ1n) is 5.39. The van der Waals surface area contributed by atoms with Crippen molar-refractivity contribution in [2.24, 2.45) is 0 Å². The number of hydrogen-bond donors (Lipinski definition) is 1. The highest BCUT2D eigenvalue weighted by Crippen LogP contribution is 2.20. The highest BCUT2D eigenvalue weighted by Gasteiger charge is 2.20. The van der Waals surface area contributed by atoms with Crippen molar-refractivity contribution < 1.29 is 14.6 Å². The molecule has 2 rings (SSSR count). The highest BCUT2D eigenvalue weighted by atomic mass is 16.6. The first kappa shape index (κ1) is 11.4. The molecule has 0 radical (unpaired) electrons. The molecule has 1 aromatic rings. The maximum atomic E-state index is 9.47. The van der Waals surface area contributed by atoms with Crippen LogP contribution < -0.4 is 0 Å². The smallest absolute Gasteiger partial charge is 0.159 e. The highest BCUT2D eigenvalue weighted by molar-refractivity contribution is 5.18. The summed E-state index contributed by atoms with van der Waals surface area (Å²) in [7, 11) is 0. The molecule has 0 bridgehead atoms. The number of nitrogens with zero attached hydrogens (tertiary/aromatic N) is 2. The van der Waals surface area contributed by atoms with Crippen molar-refractivity contribution in [1.29, 1.82) is 0 Å². The van der Waals surface area contributed by atoms with Crippen molar-refractivity contribution in [2.45, 2.75) is 26.1 Å². The third-order valence-electron chi connectivity index (χ3n) is 2.59. The predicted molar refractivity (Wildman–Crippen MR) is 56.9 cm³/mol. The summed E-state index contributed by atoms with van der Waals surface area (Å²) in [6.07, 6.45) is 0.924. The molecule has 5 nitrogen and oxygen atoms in total. The zero-order valence-electron chi connectivity index (χ0n) is 9.51. The van der Waals surface area contributed by atoms with E-state index in [9.17, 15) is 5.11 Å². The van der Waals surface area contributed by atoms with Crippen molar-refractivity contribution in [2.75, 3.05) is 19.8 Å². The number of aryl methyl sites for hydroxylation is 1. The summed E-state index contributed by atoms with van der Waals surface area (Å²) in [5, 5.41) is 9.47. The molecule has 1 aliphatic heterocycles. The molecular weight excluding hydrogens is 208 g/mol. The maximum absolute atomic E-state index is 9.47. The quantitative estimate of drug-likeness (QED) is 0.809. The van der Waals surface area contributed by atoms with E-state index in [2.05, 4.69) is 9.97 Å². The van der Waals surface area contributed by atoms with E-state index in [1.54, 1.807) is 13.1 Å². The van der Waals surface area contributed by atoms with E-state index >= 15 is 0 Å². The fourth-order valence-electron chi connectivity index (χ4n) is 1.70. The topological polar surface area (TPSA) is 64.5 Å². The van der Waals surface area contributed by atoms with E-state index in [1.165, 1.54) is 0 Å². The van der Waals surface area contributed by atoms with Crippen LogP contribution in [-0.4, -0.2) is 34.9 Å². The van der Waals surface area contributed by atoms with Crippen LogP contribution >= 0.6 is 0 Å². The third kappa shape index (κ3) is 2.37. The summed E-state index contributed by atoms with van der Waals surface area (Å²) >= 11 is 0. The molecule has 0 amide bonds. The monoisotopic (exact) mass is 224 g/mol. The van der Waals surface area contributed by atoms with Crippen molar-refractivity contribution in [1.82, 2.24) is 9.97 Å². The summed E-state index contributed by atoms with van der Waals surface area (Å²) in [6, 6.07) is 0. The lowest BCUT2D eigenvalue weighted by molar-refractivity contribution is -0.0936. The van der Waals surface area contributed by atoms with Gasteiger partial charge in [-0.3, -0.25) is 0 Å². The molecule has 5 heteroatoms. The number of ether oxygens (including phenoxy) is 2. The van der Waals surface area contributed by atoms with Crippen LogP contribution in [0.15, 0.2) is 6.20 Å². The second kappa shape index (κ2) is 4.86. The molecule has 1 fully saturated rings. The van der Waals surface area contributed by atoms with Crippen molar-refractivity contribution in [3.8, 4) is 0 Å². The van der Waals surface area contributed by atoms with Crippen LogP contribution in [-0.2, 0) is 9.47 Å². The zero-order chi connectivity index (χ0) is 11.5. The number of rotatable bonds is 2. The van der Waals surface area contributed by atoms with Gasteiger partial charge in [0.15, 0.2) is 5.82 Å². The fourth-order valence-corrected chi connectivity index (χ4v) is 1.70. The van der Waals surface area contributed by atoms with Crippen LogP contribution in [0.25, 0.3) is 0 Å². The Hall–Kier alpha value is -1.04. The molecule has 16 heavy (non-hydrogen) atoms. The Balaban J connectivity index is 2.19. The van der Waals surface area contributed by atoms with Gasteiger partial charge in [0.25, 0.3) is 0 Å². The van der Waals surface area contributed by atoms with E-state index in [0.717, 1.165) is 11.3 Å². The van der Waals surface area contributed by atoms with Gasteiger partial charge in [-0.1, -0.05) is 0 Å². The van der Waals surface area contributed by atoms with Crippen LogP contribution in [0.2, 0.25) is 0 Å². The number of aliphatic hydroxyl groups excluding tert-OH is 1. The summed E-state index contributed by atoms with van der Waals surface area (Å²) < 4.78 is 10.8. The van der Waals surface area contributed by atoms with E-state index in [4.69, 9.17) is 9.47 Å². The zero-order valence-corrected chi connectivity index (χ0v) is 9.51. The predicted octanol–water partition coefficient (Wildman–Crippen LogP) is 0.926. The Labute approximate surface area is 94.4 Å². The molecule has 1 aromatic heterocycles. The van der Waals surface area contributed by atoms with Crippen LogP contribution in [0.5, 0.6) is 0 Å². The molecule has 2 heterocycles. The van der Waals surface area contributed by atoms with E-state index < -0.39 is 6.10 Å². The van der Waals surface area contributed by atoms with Gasteiger partial charge < -0.3 is 14.6 Å². The average Bonchev–Trinajstić information content (AvgIpc) is 2.29. The number of hydrogen-bond acceptors (Lipinski definition) is 5. The molecular formula is C11H16N2O3. The average molecular weight is 224 g/mol. The standard InChI is InChI=1S/C11H16N2O3/c1-7-9(8(2)14)5-12-11(13-7)10-6-15-3-4-16-10/h5,8,10,14H,3-4,6H2,1-2H3. The Bertz CT molecular complexity index is 362. The minimum absolute atomic E-state index is 0.185. The summed E-state index contributed by atoms with van der Waals surface area (Å²) in [6.45, 7) is 5.25. The van der Waals surface area contributed by atoms with Gasteiger partial charge >= 0.3 is 0 Å². The largest absolute Gasteiger partial charge is 0.389 e. The van der Waals surface area contributed by atoms with Gasteiger partial charge in [-0.25, -0.2) is 9.97 Å². The van der Waals surface area contributed by atoms with Gasteiger partial charge in [-0.15, -0.1) is 0 Å². The Morgan fingerprint density at radius 2 is 2.31 bits per heavy atom. The molecule has 1 aliphatic rings. The lowest BCUT2D eigenvalue weighted by Crippen LogP contribution is -2.24. The van der Waals surface area contributed by atoms with Gasteiger partial charge in [-0.2, -0.15) is 0 Å². The van der Waals surface area contributed by atoms with Gasteiger partial charge in [0, 0.05) is 17.5 Å². The molecule has 0 saturated carbocycles. The molecule has 88 valence electrons. The van der Waals surface area contributed by atoms with Crippen LogP contribution in [0, 0.1) is 6.92 Å². The summed E-state index contributed by atoms with van der Waals surface area (Å²) in [5.74, 6) is 0.626. The Morgan fingerprint density at radius 3 is 2.88 bits per heavy atom. The second-order valence-corrected chi connectivity index (χ2v) is 3.88. The number of aromatic nitrogens is 2. The molecule has 0 aromatic carbocycles. The minimum atomic E-state index is -0.544. The molecule has 1 N–H and O–H groups in total. The van der Waals surface area contributed by atoms with E-state index in [-0.39, 0.29) is 6.10 Å². The molecule has 1 saturated heterocycles. The Morgan fingerprint density at radius 1 is 1.50 bits per heavy atom. The third-order valence-corrected chi connectivity index (χ3v) is 2.59. The van der Waals surface area contributed by atoms with Crippen LogP contribution in [0.4, 0.5) is 0 Å². The van der Waals surface area contributed by atoms with Crippen molar-refractivity contribution in [3.05, 3.63) is 23.3 Å². The molecule has 2 unspecified atom stereocenters. The van der Waals surface area contributed by atoms with Gasteiger partial charge in [-0.05, 0) is 13.8 Å². The van der Waals surface area contributed by atoms with E-state index in [1.807, 2.05) is 6.92 Å². The Kier molecular flexibility index (Phi) is 3.48. The normalized spacial score (nSPS) is 23.1. The molecule has 2 atom stereocenters. The van der Waals surface area contributed by atoms with Crippen molar-refractivity contribution >= 4 is 0 Å². The van der Waals surface area contributed by atoms with Gasteiger partial charge in [0.1, 0.15) is 6.10 Å². The minimum Gasteiger partial charge on any atom is -0.389 e. The van der Waals surface area contributed by atoms with Crippen LogP contribution in [0.1, 0.15) is 36.2 Å². The molecule has 0 aliphatic carbocycles. The fraction of sp³-hybridized carbons (Fsp3) is 0.636. The van der Waals surface area contributed by atoms with Crippen molar-refractivity contribution in [3.63, 3.8) is 0 Å².